The second-order valence-electron chi connectivity index (χ2n) is 1.88. The molecule has 1 unspecified atom stereocenters. The largest absolute Gasteiger partial charge is 0.501 e. The van der Waals surface area contributed by atoms with Crippen molar-refractivity contribution in [1.29, 1.82) is 0 Å². The molecular formula is C6H7ClO3. The first-order valence-electron chi connectivity index (χ1n) is 2.93. The maximum atomic E-state index is 10.2. The van der Waals surface area contributed by atoms with E-state index in [-0.39, 0.29) is 6.10 Å². The van der Waals surface area contributed by atoms with Crippen LogP contribution in [-0.4, -0.2) is 18.1 Å². The summed E-state index contributed by atoms with van der Waals surface area (Å²) in [5, 5.41) is 0. The minimum Gasteiger partial charge on any atom is -0.501 e. The van der Waals surface area contributed by atoms with Gasteiger partial charge in [-0.05, 0) is 6.08 Å². The standard InChI is InChI=1S/C6H7ClO3/c7-6(8)10-5-1-3-9-4-2-5/h1,3,5H,2,4H2. The summed E-state index contributed by atoms with van der Waals surface area (Å²) in [7, 11) is 0. The lowest BCUT2D eigenvalue weighted by Gasteiger charge is -2.15. The molecule has 0 saturated carbocycles. The lowest BCUT2D eigenvalue weighted by molar-refractivity contribution is 0.105. The molecule has 1 atom stereocenters. The fourth-order valence-corrected chi connectivity index (χ4v) is 0.823. The van der Waals surface area contributed by atoms with Gasteiger partial charge in [0.15, 0.2) is 0 Å². The number of rotatable bonds is 1. The Morgan fingerprint density at radius 2 is 2.60 bits per heavy atom. The molecule has 0 radical (unpaired) electrons. The van der Waals surface area contributed by atoms with E-state index in [0.29, 0.717) is 13.0 Å². The van der Waals surface area contributed by atoms with Crippen molar-refractivity contribution < 1.29 is 14.3 Å². The van der Waals surface area contributed by atoms with Crippen molar-refractivity contribution in [2.75, 3.05) is 6.61 Å². The second-order valence-corrected chi connectivity index (χ2v) is 2.19. The molecule has 0 fully saturated rings. The summed E-state index contributed by atoms with van der Waals surface area (Å²) in [6.45, 7) is 0.575. The molecule has 10 heavy (non-hydrogen) atoms. The van der Waals surface area contributed by atoms with E-state index in [4.69, 9.17) is 16.3 Å². The molecule has 1 heterocycles. The van der Waals surface area contributed by atoms with Gasteiger partial charge >= 0.3 is 5.43 Å². The summed E-state index contributed by atoms with van der Waals surface area (Å²) in [5.41, 5.74) is -0.767. The molecule has 4 heteroatoms. The van der Waals surface area contributed by atoms with Crippen molar-refractivity contribution in [3.05, 3.63) is 12.3 Å². The third-order valence-corrected chi connectivity index (χ3v) is 1.24. The van der Waals surface area contributed by atoms with Crippen LogP contribution >= 0.6 is 11.6 Å². The molecule has 1 aliphatic heterocycles. The molecule has 3 nitrogen and oxygen atoms in total. The van der Waals surface area contributed by atoms with E-state index in [1.165, 1.54) is 6.26 Å². The number of hydrogen-bond donors (Lipinski definition) is 0. The average Bonchev–Trinajstić information content (AvgIpc) is 1.88. The first kappa shape index (κ1) is 7.41. The first-order chi connectivity index (χ1) is 4.79. The van der Waals surface area contributed by atoms with Crippen LogP contribution in [0.25, 0.3) is 0 Å². The maximum absolute atomic E-state index is 10.2. The summed E-state index contributed by atoms with van der Waals surface area (Å²) in [6, 6.07) is 0. The Morgan fingerprint density at radius 1 is 1.80 bits per heavy atom. The van der Waals surface area contributed by atoms with E-state index in [1.807, 2.05) is 0 Å². The van der Waals surface area contributed by atoms with E-state index in [2.05, 4.69) is 4.74 Å². The zero-order valence-electron chi connectivity index (χ0n) is 5.25. The minimum atomic E-state index is -0.767. The highest BCUT2D eigenvalue weighted by molar-refractivity contribution is 6.61. The highest BCUT2D eigenvalue weighted by Crippen LogP contribution is 2.08. The lowest BCUT2D eigenvalue weighted by Crippen LogP contribution is -2.16. The van der Waals surface area contributed by atoms with Crippen LogP contribution in [0.3, 0.4) is 0 Å². The number of hydrogen-bond acceptors (Lipinski definition) is 3. The summed E-state index contributed by atoms with van der Waals surface area (Å²) >= 11 is 4.98. The van der Waals surface area contributed by atoms with Gasteiger partial charge in [0.2, 0.25) is 0 Å². The number of carbonyl (C=O) groups excluding carboxylic acids is 1. The molecule has 0 amide bonds. The quantitative estimate of drug-likeness (QED) is 0.550. The van der Waals surface area contributed by atoms with Crippen LogP contribution in [0.5, 0.6) is 0 Å². The van der Waals surface area contributed by atoms with Gasteiger partial charge in [0.25, 0.3) is 0 Å². The van der Waals surface area contributed by atoms with Gasteiger partial charge in [-0.2, -0.15) is 0 Å². The molecular weight excluding hydrogens is 156 g/mol. The Kier molecular flexibility index (Phi) is 2.57. The van der Waals surface area contributed by atoms with Crippen LogP contribution in [0.15, 0.2) is 12.3 Å². The number of halogens is 1. The van der Waals surface area contributed by atoms with Crippen molar-refractivity contribution in [2.24, 2.45) is 0 Å². The van der Waals surface area contributed by atoms with E-state index < -0.39 is 5.43 Å². The first-order valence-corrected chi connectivity index (χ1v) is 3.31. The third kappa shape index (κ3) is 2.27. The zero-order valence-corrected chi connectivity index (χ0v) is 6.00. The zero-order chi connectivity index (χ0) is 7.40. The predicted molar refractivity (Wildman–Crippen MR) is 35.8 cm³/mol. The Hall–Kier alpha value is -0.700. The summed E-state index contributed by atoms with van der Waals surface area (Å²) in [4.78, 5) is 10.2. The molecule has 0 aromatic carbocycles. The fraction of sp³-hybridized carbons (Fsp3) is 0.500. The lowest BCUT2D eigenvalue weighted by atomic mass is 10.2. The summed E-state index contributed by atoms with van der Waals surface area (Å²) in [5.74, 6) is 0. The van der Waals surface area contributed by atoms with E-state index in [0.717, 1.165) is 0 Å². The van der Waals surface area contributed by atoms with Crippen molar-refractivity contribution in [2.45, 2.75) is 12.5 Å². The van der Waals surface area contributed by atoms with Gasteiger partial charge in [-0.15, -0.1) is 0 Å². The SMILES string of the molecule is O=C(Cl)OC1C=COCC1. The molecule has 0 aliphatic carbocycles. The summed E-state index contributed by atoms with van der Waals surface area (Å²) < 4.78 is 9.52. The molecule has 1 aliphatic rings. The normalized spacial score (nSPS) is 23.5. The van der Waals surface area contributed by atoms with Crippen molar-refractivity contribution in [3.63, 3.8) is 0 Å². The molecule has 0 aromatic rings. The van der Waals surface area contributed by atoms with Crippen molar-refractivity contribution in [3.8, 4) is 0 Å². The number of carbonyl (C=O) groups is 1. The molecule has 0 N–H and O–H groups in total. The molecule has 56 valence electrons. The van der Waals surface area contributed by atoms with Gasteiger partial charge in [-0.3, -0.25) is 0 Å². The molecule has 0 spiro atoms. The smallest absolute Gasteiger partial charge is 0.404 e. The third-order valence-electron chi connectivity index (χ3n) is 1.15. The van der Waals surface area contributed by atoms with E-state index in [9.17, 15) is 4.79 Å². The second kappa shape index (κ2) is 3.46. The number of ether oxygens (including phenoxy) is 2. The molecule has 0 bridgehead atoms. The molecule has 0 aromatic heterocycles. The van der Waals surface area contributed by atoms with Crippen LogP contribution in [0.2, 0.25) is 0 Å². The van der Waals surface area contributed by atoms with Gasteiger partial charge < -0.3 is 9.47 Å². The Morgan fingerprint density at radius 3 is 3.10 bits per heavy atom. The highest BCUT2D eigenvalue weighted by atomic mass is 35.5. The van der Waals surface area contributed by atoms with Crippen LogP contribution in [0.4, 0.5) is 4.79 Å². The Bertz CT molecular complexity index is 155. The highest BCUT2D eigenvalue weighted by Gasteiger charge is 2.11. The predicted octanol–water partition coefficient (Wildman–Crippen LogP) is 1.66. The van der Waals surface area contributed by atoms with Gasteiger partial charge in [-0.1, -0.05) is 0 Å². The Labute approximate surface area is 63.6 Å². The van der Waals surface area contributed by atoms with Crippen LogP contribution in [0, 0.1) is 0 Å². The average molecular weight is 163 g/mol. The minimum absolute atomic E-state index is 0.209. The molecule has 0 saturated heterocycles. The fourth-order valence-electron chi connectivity index (χ4n) is 0.709. The Balaban J connectivity index is 2.33. The van der Waals surface area contributed by atoms with Crippen LogP contribution in [0.1, 0.15) is 6.42 Å². The van der Waals surface area contributed by atoms with Gasteiger partial charge in [-0.25, -0.2) is 4.79 Å². The van der Waals surface area contributed by atoms with Crippen molar-refractivity contribution >= 4 is 17.0 Å². The monoisotopic (exact) mass is 162 g/mol. The van der Waals surface area contributed by atoms with Gasteiger partial charge in [0.05, 0.1) is 12.9 Å². The maximum Gasteiger partial charge on any atom is 0.404 e. The van der Waals surface area contributed by atoms with E-state index >= 15 is 0 Å². The van der Waals surface area contributed by atoms with Crippen LogP contribution in [-0.2, 0) is 9.47 Å². The molecule has 1 rings (SSSR count). The summed E-state index contributed by atoms with van der Waals surface area (Å²) in [6.07, 6.45) is 3.63. The van der Waals surface area contributed by atoms with Gasteiger partial charge in [0, 0.05) is 18.0 Å². The van der Waals surface area contributed by atoms with Crippen molar-refractivity contribution in [1.82, 2.24) is 0 Å². The topological polar surface area (TPSA) is 35.5 Å². The van der Waals surface area contributed by atoms with Crippen LogP contribution < -0.4 is 0 Å². The van der Waals surface area contributed by atoms with Gasteiger partial charge in [0.1, 0.15) is 6.10 Å². The van der Waals surface area contributed by atoms with E-state index in [1.54, 1.807) is 6.08 Å².